The zero-order valence-electron chi connectivity index (χ0n) is 17.7. The van der Waals surface area contributed by atoms with Gasteiger partial charge < -0.3 is 24.2 Å². The molecule has 6 nitrogen and oxygen atoms in total. The molecule has 0 saturated carbocycles. The summed E-state index contributed by atoms with van der Waals surface area (Å²) in [4.78, 5) is 15.0. The van der Waals surface area contributed by atoms with Crippen LogP contribution in [0.15, 0.2) is 36.1 Å². The van der Waals surface area contributed by atoms with Gasteiger partial charge in [-0.25, -0.2) is 0 Å². The van der Waals surface area contributed by atoms with Gasteiger partial charge in [-0.3, -0.25) is 4.79 Å². The number of hydrogen-bond donors (Lipinski definition) is 1. The molecule has 1 heterocycles. The number of phenols is 1. The number of benzene rings is 2. The summed E-state index contributed by atoms with van der Waals surface area (Å²) in [6.45, 7) is 3.53. The monoisotopic (exact) mass is 433 g/mol. The maximum Gasteiger partial charge on any atom is 0.231 e. The first-order valence-electron chi connectivity index (χ1n) is 9.68. The Bertz CT molecular complexity index is 941. The van der Waals surface area contributed by atoms with E-state index in [0.717, 1.165) is 19.4 Å². The molecule has 30 heavy (non-hydrogen) atoms. The molecule has 0 spiro atoms. The predicted octanol–water partition coefficient (Wildman–Crippen LogP) is 4.68. The Hall–Kier alpha value is -2.70. The minimum Gasteiger partial charge on any atom is -0.507 e. The van der Waals surface area contributed by atoms with Crippen LogP contribution in [0.4, 0.5) is 0 Å². The van der Waals surface area contributed by atoms with Crippen LogP contribution in [0.25, 0.3) is 6.08 Å². The number of carbonyl (C=O) groups excluding carboxylic acids is 1. The molecule has 162 valence electrons. The van der Waals surface area contributed by atoms with E-state index in [4.69, 9.17) is 14.2 Å². The van der Waals surface area contributed by atoms with E-state index in [-0.39, 0.29) is 29.7 Å². The van der Waals surface area contributed by atoms with Crippen LogP contribution in [0.2, 0.25) is 0 Å². The van der Waals surface area contributed by atoms with Crippen LogP contribution < -0.4 is 14.2 Å². The Morgan fingerprint density at radius 1 is 1.17 bits per heavy atom. The molecule has 0 fully saturated rings. The Morgan fingerprint density at radius 3 is 2.60 bits per heavy atom. The summed E-state index contributed by atoms with van der Waals surface area (Å²) < 4.78 is 16.6. The van der Waals surface area contributed by atoms with E-state index in [1.165, 1.54) is 0 Å². The largest absolute Gasteiger partial charge is 0.507 e. The van der Waals surface area contributed by atoms with E-state index in [2.05, 4.69) is 11.8 Å². The quantitative estimate of drug-likeness (QED) is 0.609. The Kier molecular flexibility index (Phi) is 8.15. The third-order valence-electron chi connectivity index (χ3n) is 4.96. The standard InChI is InChI=1S/C23H27NO5.ClH/c1-5-6-11-24(2)14-18-19(25)9-8-17-22(26)21(29-23(17)18)13-15-12-16(27-3)7-10-20(15)28-4;/h7-10,12-13,25H,5-6,11,14H2,1-4H3;1H. The van der Waals surface area contributed by atoms with E-state index in [0.29, 0.717) is 40.5 Å². The number of rotatable bonds is 8. The van der Waals surface area contributed by atoms with Crippen molar-refractivity contribution in [3.8, 4) is 23.0 Å². The molecule has 1 aliphatic rings. The van der Waals surface area contributed by atoms with E-state index >= 15 is 0 Å². The van der Waals surface area contributed by atoms with Crippen molar-refractivity contribution in [3.05, 3.63) is 52.8 Å². The van der Waals surface area contributed by atoms with E-state index in [1.807, 2.05) is 7.05 Å². The molecule has 3 rings (SSSR count). The maximum absolute atomic E-state index is 12.9. The number of halogens is 1. The molecule has 1 N–H and O–H groups in total. The maximum atomic E-state index is 12.9. The molecule has 0 bridgehead atoms. The number of Topliss-reactive ketones (excluding diaryl/α,β-unsaturated/α-hetero) is 1. The van der Waals surface area contributed by atoms with Crippen molar-refractivity contribution < 1.29 is 24.1 Å². The highest BCUT2D eigenvalue weighted by Crippen LogP contribution is 2.40. The number of aromatic hydroxyl groups is 1. The Labute approximate surface area is 183 Å². The smallest absolute Gasteiger partial charge is 0.231 e. The van der Waals surface area contributed by atoms with Gasteiger partial charge in [-0.1, -0.05) is 13.3 Å². The van der Waals surface area contributed by atoms with Gasteiger partial charge in [0.05, 0.1) is 25.3 Å². The predicted molar refractivity (Wildman–Crippen MR) is 119 cm³/mol. The normalized spacial score (nSPS) is 13.8. The van der Waals surface area contributed by atoms with Gasteiger partial charge in [0, 0.05) is 12.1 Å². The van der Waals surface area contributed by atoms with E-state index in [9.17, 15) is 9.90 Å². The van der Waals surface area contributed by atoms with Gasteiger partial charge in [-0.05, 0) is 56.4 Å². The van der Waals surface area contributed by atoms with Gasteiger partial charge in [-0.15, -0.1) is 12.4 Å². The van der Waals surface area contributed by atoms with Crippen LogP contribution in [0, 0.1) is 0 Å². The molecule has 1 aliphatic heterocycles. The lowest BCUT2D eigenvalue weighted by molar-refractivity contribution is 0.101. The molecule has 2 aromatic rings. The second-order valence-electron chi connectivity index (χ2n) is 7.08. The van der Waals surface area contributed by atoms with Crippen LogP contribution >= 0.6 is 12.4 Å². The zero-order valence-corrected chi connectivity index (χ0v) is 18.5. The zero-order chi connectivity index (χ0) is 21.0. The number of unbranched alkanes of at least 4 members (excludes halogenated alkanes) is 1. The third kappa shape index (κ3) is 4.89. The summed E-state index contributed by atoms with van der Waals surface area (Å²) in [5, 5.41) is 10.4. The fourth-order valence-electron chi connectivity index (χ4n) is 3.32. The van der Waals surface area contributed by atoms with Crippen molar-refractivity contribution in [1.29, 1.82) is 0 Å². The molecule has 0 amide bonds. The fraction of sp³-hybridized carbons (Fsp3) is 0.348. The molecular weight excluding hydrogens is 406 g/mol. The van der Waals surface area contributed by atoms with Crippen molar-refractivity contribution in [3.63, 3.8) is 0 Å². The third-order valence-corrected chi connectivity index (χ3v) is 4.96. The number of methoxy groups -OCH3 is 2. The molecular formula is C23H28ClNO5. The van der Waals surface area contributed by atoms with Crippen molar-refractivity contribution in [2.45, 2.75) is 26.3 Å². The summed E-state index contributed by atoms with van der Waals surface area (Å²) in [6.07, 6.45) is 3.80. The molecule has 0 saturated heterocycles. The van der Waals surface area contributed by atoms with E-state index in [1.54, 1.807) is 50.6 Å². The highest BCUT2D eigenvalue weighted by molar-refractivity contribution is 6.15. The first-order valence-corrected chi connectivity index (χ1v) is 9.68. The van der Waals surface area contributed by atoms with Crippen LogP contribution in [-0.2, 0) is 6.54 Å². The van der Waals surface area contributed by atoms with Crippen LogP contribution in [0.1, 0.15) is 41.3 Å². The number of allylic oxidation sites excluding steroid dienone is 1. The second kappa shape index (κ2) is 10.4. The van der Waals surface area contributed by atoms with Crippen molar-refractivity contribution in [1.82, 2.24) is 4.90 Å². The fourth-order valence-corrected chi connectivity index (χ4v) is 3.32. The van der Waals surface area contributed by atoms with Crippen LogP contribution in [-0.4, -0.2) is 43.6 Å². The molecule has 0 atom stereocenters. The van der Waals surface area contributed by atoms with Crippen LogP contribution in [0.3, 0.4) is 0 Å². The number of carbonyl (C=O) groups is 1. The highest BCUT2D eigenvalue weighted by atomic mass is 35.5. The molecule has 0 aliphatic carbocycles. The summed E-state index contributed by atoms with van der Waals surface area (Å²) in [5.74, 6) is 1.77. The minimum absolute atomic E-state index is 0. The Balaban J connectivity index is 0.00000320. The minimum atomic E-state index is -0.220. The Morgan fingerprint density at radius 2 is 1.93 bits per heavy atom. The second-order valence-corrected chi connectivity index (χ2v) is 7.08. The summed E-state index contributed by atoms with van der Waals surface area (Å²) in [6, 6.07) is 8.50. The number of ether oxygens (including phenoxy) is 3. The molecule has 0 aromatic heterocycles. The van der Waals surface area contributed by atoms with E-state index < -0.39 is 0 Å². The average Bonchev–Trinajstić information content (AvgIpc) is 3.04. The van der Waals surface area contributed by atoms with Gasteiger partial charge >= 0.3 is 0 Å². The van der Waals surface area contributed by atoms with Gasteiger partial charge in [0.1, 0.15) is 23.0 Å². The number of phenolic OH excluding ortho intramolecular Hbond substituents is 1. The van der Waals surface area contributed by atoms with Gasteiger partial charge in [0.15, 0.2) is 5.76 Å². The SMILES string of the molecule is CCCCN(C)Cc1c(O)ccc2c1OC(=Cc1cc(OC)ccc1OC)C2=O.Cl. The first-order chi connectivity index (χ1) is 14.0. The topological polar surface area (TPSA) is 68.2 Å². The van der Waals surface area contributed by atoms with Crippen molar-refractivity contribution >= 4 is 24.3 Å². The lowest BCUT2D eigenvalue weighted by atomic mass is 10.0. The average molecular weight is 434 g/mol. The van der Waals surface area contributed by atoms with Gasteiger partial charge in [0.25, 0.3) is 0 Å². The van der Waals surface area contributed by atoms with Crippen molar-refractivity contribution in [2.24, 2.45) is 0 Å². The highest BCUT2D eigenvalue weighted by Gasteiger charge is 2.31. The number of nitrogens with zero attached hydrogens (tertiary/aromatic N) is 1. The van der Waals surface area contributed by atoms with Gasteiger partial charge in [0.2, 0.25) is 5.78 Å². The number of fused-ring (bicyclic) bond motifs is 1. The van der Waals surface area contributed by atoms with Crippen molar-refractivity contribution in [2.75, 3.05) is 27.8 Å². The first kappa shape index (κ1) is 23.6. The summed E-state index contributed by atoms with van der Waals surface area (Å²) in [5.41, 5.74) is 1.75. The molecule has 7 heteroatoms. The van der Waals surface area contributed by atoms with Gasteiger partial charge in [-0.2, -0.15) is 0 Å². The summed E-state index contributed by atoms with van der Waals surface area (Å²) in [7, 11) is 5.14. The lowest BCUT2D eigenvalue weighted by Gasteiger charge is -2.18. The summed E-state index contributed by atoms with van der Waals surface area (Å²) >= 11 is 0. The molecule has 0 radical (unpaired) electrons. The molecule has 2 aromatic carbocycles. The lowest BCUT2D eigenvalue weighted by Crippen LogP contribution is -2.19. The number of ketones is 1. The number of hydrogen-bond acceptors (Lipinski definition) is 6. The van der Waals surface area contributed by atoms with Crippen LogP contribution in [0.5, 0.6) is 23.0 Å². The molecule has 0 unspecified atom stereocenters.